The van der Waals surface area contributed by atoms with Crippen LogP contribution in [0.5, 0.6) is 0 Å². The molecule has 0 saturated carbocycles. The molecule has 1 unspecified atom stereocenters. The minimum absolute atomic E-state index is 0.395. The van der Waals surface area contributed by atoms with Gasteiger partial charge in [-0.15, -0.1) is 0 Å². The molecule has 0 aliphatic heterocycles. The number of hydrogen-bond donors (Lipinski definition) is 1. The predicted molar refractivity (Wildman–Crippen MR) is 88.2 cm³/mol. The van der Waals surface area contributed by atoms with Crippen molar-refractivity contribution in [2.24, 2.45) is 0 Å². The van der Waals surface area contributed by atoms with Crippen LogP contribution in [0.15, 0.2) is 57.5 Å². The highest BCUT2D eigenvalue weighted by atomic mass is 79.9. The molecule has 100 valence electrons. The number of rotatable bonds is 5. The third-order valence-electron chi connectivity index (χ3n) is 3.12. The van der Waals surface area contributed by atoms with Crippen LogP contribution >= 0.6 is 31.9 Å². The molecule has 1 nitrogen and oxygen atoms in total. The molecule has 3 heteroatoms. The number of hydrogen-bond acceptors (Lipinski definition) is 1. The van der Waals surface area contributed by atoms with Crippen LogP contribution in [-0.2, 0) is 6.54 Å². The molecular weight excluding hydrogens is 366 g/mol. The molecule has 1 N–H and O–H groups in total. The summed E-state index contributed by atoms with van der Waals surface area (Å²) in [5.74, 6) is 0. The van der Waals surface area contributed by atoms with E-state index in [9.17, 15) is 0 Å². The van der Waals surface area contributed by atoms with Crippen molar-refractivity contribution in [3.8, 4) is 0 Å². The lowest BCUT2D eigenvalue weighted by molar-refractivity contribution is 0.519. The molecule has 1 atom stereocenters. The van der Waals surface area contributed by atoms with E-state index in [1.54, 1.807) is 0 Å². The molecule has 2 rings (SSSR count). The zero-order valence-electron chi connectivity index (χ0n) is 10.9. The Morgan fingerprint density at radius 2 is 1.74 bits per heavy atom. The Labute approximate surface area is 131 Å². The van der Waals surface area contributed by atoms with Crippen LogP contribution in [0.2, 0.25) is 0 Å². The Balaban J connectivity index is 2.01. The van der Waals surface area contributed by atoms with Gasteiger partial charge in [0.25, 0.3) is 0 Å². The zero-order chi connectivity index (χ0) is 13.7. The van der Waals surface area contributed by atoms with E-state index in [2.05, 4.69) is 92.6 Å². The van der Waals surface area contributed by atoms with E-state index in [-0.39, 0.29) is 0 Å². The zero-order valence-corrected chi connectivity index (χ0v) is 14.0. The van der Waals surface area contributed by atoms with Gasteiger partial charge in [-0.3, -0.25) is 0 Å². The Kier molecular flexibility index (Phi) is 5.61. The van der Waals surface area contributed by atoms with Gasteiger partial charge < -0.3 is 5.32 Å². The molecule has 2 aromatic rings. The van der Waals surface area contributed by atoms with Gasteiger partial charge in [0, 0.05) is 21.5 Å². The Hall–Kier alpha value is -0.640. The van der Waals surface area contributed by atoms with Crippen molar-refractivity contribution in [3.63, 3.8) is 0 Å². The third kappa shape index (κ3) is 4.44. The molecule has 0 heterocycles. The molecule has 0 amide bonds. The first-order valence-corrected chi connectivity index (χ1v) is 8.01. The smallest absolute Gasteiger partial charge is 0.0320 e. The monoisotopic (exact) mass is 381 g/mol. The summed E-state index contributed by atoms with van der Waals surface area (Å²) >= 11 is 6.98. The Bertz CT molecular complexity index is 523. The van der Waals surface area contributed by atoms with Crippen molar-refractivity contribution in [3.05, 3.63) is 68.6 Å². The van der Waals surface area contributed by atoms with E-state index in [0.29, 0.717) is 6.04 Å². The van der Waals surface area contributed by atoms with Gasteiger partial charge in [0.1, 0.15) is 0 Å². The van der Waals surface area contributed by atoms with E-state index >= 15 is 0 Å². The van der Waals surface area contributed by atoms with Crippen LogP contribution in [0, 0.1) is 0 Å². The van der Waals surface area contributed by atoms with Gasteiger partial charge in [-0.1, -0.05) is 63.0 Å². The van der Waals surface area contributed by atoms with Gasteiger partial charge >= 0.3 is 0 Å². The highest BCUT2D eigenvalue weighted by molar-refractivity contribution is 9.10. The van der Waals surface area contributed by atoms with Crippen LogP contribution in [-0.4, -0.2) is 0 Å². The molecule has 2 aromatic carbocycles. The first kappa shape index (κ1) is 14.8. The van der Waals surface area contributed by atoms with Crippen LogP contribution in [0.4, 0.5) is 0 Å². The minimum Gasteiger partial charge on any atom is -0.306 e. The summed E-state index contributed by atoms with van der Waals surface area (Å²) in [6.07, 6.45) is 1.08. The maximum Gasteiger partial charge on any atom is 0.0320 e. The first-order valence-electron chi connectivity index (χ1n) is 6.42. The number of halogens is 2. The van der Waals surface area contributed by atoms with E-state index in [1.807, 2.05) is 0 Å². The van der Waals surface area contributed by atoms with Crippen molar-refractivity contribution >= 4 is 31.9 Å². The van der Waals surface area contributed by atoms with E-state index in [4.69, 9.17) is 0 Å². The van der Waals surface area contributed by atoms with Gasteiger partial charge in [0.05, 0.1) is 0 Å². The topological polar surface area (TPSA) is 12.0 Å². The highest BCUT2D eigenvalue weighted by Crippen LogP contribution is 2.20. The maximum atomic E-state index is 3.61. The first-order chi connectivity index (χ1) is 9.19. The third-order valence-corrected chi connectivity index (χ3v) is 4.14. The fourth-order valence-electron chi connectivity index (χ4n) is 2.08. The lowest BCUT2D eigenvalue weighted by Gasteiger charge is -2.17. The summed E-state index contributed by atoms with van der Waals surface area (Å²) in [6.45, 7) is 3.09. The fourth-order valence-corrected chi connectivity index (χ4v) is 2.79. The Morgan fingerprint density at radius 1 is 1.00 bits per heavy atom. The van der Waals surface area contributed by atoms with Gasteiger partial charge in [0.2, 0.25) is 0 Å². The molecule has 0 aliphatic rings. The van der Waals surface area contributed by atoms with Crippen LogP contribution < -0.4 is 5.32 Å². The lowest BCUT2D eigenvalue weighted by Crippen LogP contribution is -2.20. The second-order valence-corrected chi connectivity index (χ2v) is 6.35. The summed E-state index contributed by atoms with van der Waals surface area (Å²) < 4.78 is 2.25. The van der Waals surface area contributed by atoms with Gasteiger partial charge in [-0.2, -0.15) is 0 Å². The SMILES string of the molecule is CCC(NCc1cccc(Br)c1)c1ccc(Br)cc1. The second kappa shape index (κ2) is 7.22. The quantitative estimate of drug-likeness (QED) is 0.724. The fraction of sp³-hybridized carbons (Fsp3) is 0.250. The van der Waals surface area contributed by atoms with Crippen molar-refractivity contribution in [1.82, 2.24) is 5.32 Å². The molecule has 0 radical (unpaired) electrons. The Morgan fingerprint density at radius 3 is 2.37 bits per heavy atom. The van der Waals surface area contributed by atoms with E-state index in [1.165, 1.54) is 11.1 Å². The van der Waals surface area contributed by atoms with Crippen molar-refractivity contribution in [2.45, 2.75) is 25.9 Å². The maximum absolute atomic E-state index is 3.61. The molecule has 0 spiro atoms. The van der Waals surface area contributed by atoms with Gasteiger partial charge in [-0.05, 0) is 41.8 Å². The summed E-state index contributed by atoms with van der Waals surface area (Å²) in [6, 6.07) is 17.4. The summed E-state index contributed by atoms with van der Waals surface area (Å²) in [7, 11) is 0. The molecule has 19 heavy (non-hydrogen) atoms. The largest absolute Gasteiger partial charge is 0.306 e. The second-order valence-electron chi connectivity index (χ2n) is 4.52. The van der Waals surface area contributed by atoms with E-state index in [0.717, 1.165) is 21.9 Å². The predicted octanol–water partition coefficient (Wildman–Crippen LogP) is 5.45. The van der Waals surface area contributed by atoms with Gasteiger partial charge in [0.15, 0.2) is 0 Å². The molecule has 0 saturated heterocycles. The summed E-state index contributed by atoms with van der Waals surface area (Å²) in [5.41, 5.74) is 2.63. The standard InChI is InChI=1S/C16H17Br2N/c1-2-16(13-6-8-14(17)9-7-13)19-11-12-4-3-5-15(18)10-12/h3-10,16,19H,2,11H2,1H3. The van der Waals surface area contributed by atoms with E-state index < -0.39 is 0 Å². The average Bonchev–Trinajstić information content (AvgIpc) is 2.41. The molecule has 0 fully saturated rings. The normalized spacial score (nSPS) is 12.4. The molecule has 0 aliphatic carbocycles. The van der Waals surface area contributed by atoms with Crippen molar-refractivity contribution < 1.29 is 0 Å². The van der Waals surface area contributed by atoms with Crippen molar-refractivity contribution in [1.29, 1.82) is 0 Å². The van der Waals surface area contributed by atoms with Crippen LogP contribution in [0.25, 0.3) is 0 Å². The van der Waals surface area contributed by atoms with Crippen molar-refractivity contribution in [2.75, 3.05) is 0 Å². The van der Waals surface area contributed by atoms with Crippen LogP contribution in [0.3, 0.4) is 0 Å². The molecule has 0 aromatic heterocycles. The average molecular weight is 383 g/mol. The molecular formula is C16H17Br2N. The summed E-state index contributed by atoms with van der Waals surface area (Å²) in [4.78, 5) is 0. The molecule has 0 bridgehead atoms. The number of benzene rings is 2. The lowest BCUT2D eigenvalue weighted by atomic mass is 10.0. The minimum atomic E-state index is 0.395. The highest BCUT2D eigenvalue weighted by Gasteiger charge is 2.08. The van der Waals surface area contributed by atoms with Gasteiger partial charge in [-0.25, -0.2) is 0 Å². The summed E-state index contributed by atoms with van der Waals surface area (Å²) in [5, 5.41) is 3.61. The number of nitrogens with one attached hydrogen (secondary N) is 1. The van der Waals surface area contributed by atoms with Crippen LogP contribution in [0.1, 0.15) is 30.5 Å².